The van der Waals surface area contributed by atoms with Gasteiger partial charge in [-0.3, -0.25) is 14.5 Å². The number of carbonyl (C=O) groups excluding carboxylic acids is 1. The van der Waals surface area contributed by atoms with Gasteiger partial charge >= 0.3 is 0 Å². The number of pyridine rings is 1. The second-order valence-electron chi connectivity index (χ2n) is 8.40. The number of carbonyl (C=O) groups is 1. The lowest BCUT2D eigenvalue weighted by atomic mass is 10.1. The van der Waals surface area contributed by atoms with Crippen molar-refractivity contribution in [3.05, 3.63) is 83.7 Å². The molecule has 0 unspecified atom stereocenters. The van der Waals surface area contributed by atoms with Crippen LogP contribution in [0.25, 0.3) is 0 Å². The Kier molecular flexibility index (Phi) is 7.90. The van der Waals surface area contributed by atoms with Crippen molar-refractivity contribution in [2.45, 2.75) is 41.9 Å². The van der Waals surface area contributed by atoms with Crippen molar-refractivity contribution >= 4 is 33.4 Å². The molecule has 6 nitrogen and oxygen atoms in total. The van der Waals surface area contributed by atoms with E-state index < -0.39 is 10.0 Å². The number of rotatable bonds is 7. The van der Waals surface area contributed by atoms with Crippen LogP contribution in [0.3, 0.4) is 0 Å². The van der Waals surface area contributed by atoms with E-state index in [1.165, 1.54) is 17.8 Å². The van der Waals surface area contributed by atoms with Gasteiger partial charge in [-0.1, -0.05) is 25.0 Å². The summed E-state index contributed by atoms with van der Waals surface area (Å²) in [6.07, 6.45) is 10.4. The van der Waals surface area contributed by atoms with Crippen molar-refractivity contribution in [3.8, 4) is 0 Å². The molecule has 0 atom stereocenters. The average Bonchev–Trinajstić information content (AvgIpc) is 3.14. The monoisotopic (exact) mass is 495 g/mol. The quantitative estimate of drug-likeness (QED) is 0.455. The van der Waals surface area contributed by atoms with Gasteiger partial charge in [-0.25, -0.2) is 8.42 Å². The predicted molar refractivity (Wildman–Crippen MR) is 137 cm³/mol. The maximum Gasteiger partial charge on any atom is 0.261 e. The number of anilines is 1. The van der Waals surface area contributed by atoms with Gasteiger partial charge in [-0.15, -0.1) is 11.8 Å². The molecular weight excluding hydrogens is 466 g/mol. The summed E-state index contributed by atoms with van der Waals surface area (Å²) in [6, 6.07) is 16.0. The highest BCUT2D eigenvalue weighted by atomic mass is 32.2. The van der Waals surface area contributed by atoms with Gasteiger partial charge < -0.3 is 4.90 Å². The Hall–Kier alpha value is -2.84. The molecule has 4 rings (SSSR count). The fraction of sp³-hybridized carbons (Fsp3) is 0.308. The zero-order valence-electron chi connectivity index (χ0n) is 19.2. The number of thioether (sulfide) groups is 1. The van der Waals surface area contributed by atoms with Gasteiger partial charge in [0.15, 0.2) is 0 Å². The van der Waals surface area contributed by atoms with Crippen LogP contribution in [-0.4, -0.2) is 43.6 Å². The van der Waals surface area contributed by atoms with E-state index in [-0.39, 0.29) is 10.8 Å². The van der Waals surface area contributed by atoms with Crippen LogP contribution in [0.15, 0.2) is 76.8 Å². The molecule has 2 heterocycles. The van der Waals surface area contributed by atoms with E-state index in [9.17, 15) is 13.2 Å². The highest BCUT2D eigenvalue weighted by Gasteiger charge is 2.23. The van der Waals surface area contributed by atoms with Crippen LogP contribution in [0.2, 0.25) is 0 Å². The van der Waals surface area contributed by atoms with Crippen molar-refractivity contribution in [1.29, 1.82) is 0 Å². The summed E-state index contributed by atoms with van der Waals surface area (Å²) < 4.78 is 28.9. The first-order chi connectivity index (χ1) is 16.5. The van der Waals surface area contributed by atoms with E-state index in [0.717, 1.165) is 48.1 Å². The van der Waals surface area contributed by atoms with Crippen LogP contribution in [0.4, 0.5) is 5.69 Å². The summed E-state index contributed by atoms with van der Waals surface area (Å²) in [6.45, 7) is 1.43. The molecule has 1 aliphatic rings. The van der Waals surface area contributed by atoms with Gasteiger partial charge in [-0.05, 0) is 79.1 Å². The molecule has 0 spiro atoms. The molecule has 0 bridgehead atoms. The average molecular weight is 496 g/mol. The number of amides is 1. The van der Waals surface area contributed by atoms with Crippen molar-refractivity contribution < 1.29 is 13.2 Å². The minimum atomic E-state index is -3.84. The SMILES string of the molecule is CSc1ccc(S(=O)(=O)Nc2ccc(Cc3ccncc3)cc2)cc1C(=O)N1CCCCCC1. The number of nitrogens with zero attached hydrogens (tertiary/aromatic N) is 2. The van der Waals surface area contributed by atoms with Crippen LogP contribution in [-0.2, 0) is 16.4 Å². The molecule has 3 aromatic rings. The van der Waals surface area contributed by atoms with E-state index in [4.69, 9.17) is 0 Å². The van der Waals surface area contributed by atoms with E-state index >= 15 is 0 Å². The molecule has 8 heteroatoms. The Morgan fingerprint density at radius 2 is 1.59 bits per heavy atom. The molecule has 0 aliphatic carbocycles. The largest absolute Gasteiger partial charge is 0.339 e. The Balaban J connectivity index is 1.52. The molecule has 1 N–H and O–H groups in total. The fourth-order valence-corrected chi connectivity index (χ4v) is 5.76. The van der Waals surface area contributed by atoms with Gasteiger partial charge in [-0.2, -0.15) is 0 Å². The summed E-state index contributed by atoms with van der Waals surface area (Å²) in [5.74, 6) is -0.0937. The van der Waals surface area contributed by atoms with Crippen molar-refractivity contribution in [1.82, 2.24) is 9.88 Å². The first-order valence-corrected chi connectivity index (χ1v) is 14.1. The minimum absolute atomic E-state index is 0.0873. The molecule has 1 fully saturated rings. The van der Waals surface area contributed by atoms with Gasteiger partial charge in [0, 0.05) is 36.1 Å². The molecule has 0 radical (unpaired) electrons. The standard InChI is InChI=1S/C26H29N3O3S2/c1-33-25-11-10-23(19-24(25)26(30)29-16-4-2-3-5-17-29)34(31,32)28-22-8-6-20(7-9-22)18-21-12-14-27-15-13-21/h6-15,19,28H,2-5,16-18H2,1H3. The molecule has 178 valence electrons. The summed E-state index contributed by atoms with van der Waals surface area (Å²) in [7, 11) is -3.84. The third kappa shape index (κ3) is 5.98. The maximum absolute atomic E-state index is 13.3. The van der Waals surface area contributed by atoms with Crippen molar-refractivity contribution in [3.63, 3.8) is 0 Å². The number of hydrogen-bond donors (Lipinski definition) is 1. The van der Waals surface area contributed by atoms with Gasteiger partial charge in [0.1, 0.15) is 0 Å². The number of benzene rings is 2. The zero-order valence-corrected chi connectivity index (χ0v) is 20.9. The van der Waals surface area contributed by atoms with Crippen LogP contribution in [0, 0.1) is 0 Å². The summed E-state index contributed by atoms with van der Waals surface area (Å²) in [4.78, 5) is 20.0. The van der Waals surface area contributed by atoms with Crippen LogP contribution >= 0.6 is 11.8 Å². The summed E-state index contributed by atoms with van der Waals surface area (Å²) >= 11 is 1.45. The minimum Gasteiger partial charge on any atom is -0.339 e. The topological polar surface area (TPSA) is 79.4 Å². The van der Waals surface area contributed by atoms with E-state index in [2.05, 4.69) is 9.71 Å². The fourth-order valence-electron chi connectivity index (χ4n) is 4.11. The third-order valence-electron chi connectivity index (χ3n) is 5.97. The highest BCUT2D eigenvalue weighted by molar-refractivity contribution is 7.98. The second-order valence-corrected chi connectivity index (χ2v) is 10.9. The smallest absolute Gasteiger partial charge is 0.261 e. The van der Waals surface area contributed by atoms with E-state index in [0.29, 0.717) is 24.3 Å². The lowest BCUT2D eigenvalue weighted by Gasteiger charge is -2.22. The maximum atomic E-state index is 13.3. The van der Waals surface area contributed by atoms with Crippen LogP contribution in [0.1, 0.15) is 47.2 Å². The predicted octanol–water partition coefficient (Wildman–Crippen LogP) is 5.21. The van der Waals surface area contributed by atoms with E-state index in [1.807, 2.05) is 35.4 Å². The number of hydrogen-bond acceptors (Lipinski definition) is 5. The molecular formula is C26H29N3O3S2. The van der Waals surface area contributed by atoms with Crippen molar-refractivity contribution in [2.24, 2.45) is 0 Å². The van der Waals surface area contributed by atoms with Crippen LogP contribution < -0.4 is 4.72 Å². The van der Waals surface area contributed by atoms with E-state index in [1.54, 1.807) is 36.7 Å². The lowest BCUT2D eigenvalue weighted by molar-refractivity contribution is 0.0758. The molecule has 0 saturated carbocycles. The Morgan fingerprint density at radius 3 is 2.24 bits per heavy atom. The van der Waals surface area contributed by atoms with Crippen LogP contribution in [0.5, 0.6) is 0 Å². The Bertz CT molecular complexity index is 1220. The number of nitrogens with one attached hydrogen (secondary N) is 1. The number of aromatic nitrogens is 1. The molecule has 1 aromatic heterocycles. The molecule has 1 aliphatic heterocycles. The first kappa shape index (κ1) is 24.3. The summed E-state index contributed by atoms with van der Waals surface area (Å²) in [5, 5.41) is 0. The third-order valence-corrected chi connectivity index (χ3v) is 8.14. The lowest BCUT2D eigenvalue weighted by Crippen LogP contribution is -2.32. The van der Waals surface area contributed by atoms with Gasteiger partial charge in [0.25, 0.3) is 15.9 Å². The second kappa shape index (κ2) is 11.1. The van der Waals surface area contributed by atoms with Gasteiger partial charge in [0.05, 0.1) is 10.5 Å². The number of sulfonamides is 1. The normalized spacial score (nSPS) is 14.4. The highest BCUT2D eigenvalue weighted by Crippen LogP contribution is 2.27. The molecule has 1 amide bonds. The van der Waals surface area contributed by atoms with Crippen molar-refractivity contribution in [2.75, 3.05) is 24.1 Å². The zero-order chi connectivity index (χ0) is 24.0. The molecule has 34 heavy (non-hydrogen) atoms. The first-order valence-electron chi connectivity index (χ1n) is 11.4. The van der Waals surface area contributed by atoms with Gasteiger partial charge in [0.2, 0.25) is 0 Å². The molecule has 2 aromatic carbocycles. The number of likely N-dealkylation sites (tertiary alicyclic amines) is 1. The molecule has 1 saturated heterocycles. The Labute approximate surface area is 205 Å². The summed E-state index contributed by atoms with van der Waals surface area (Å²) in [5.41, 5.74) is 3.14. The Morgan fingerprint density at radius 1 is 0.941 bits per heavy atom.